The van der Waals surface area contributed by atoms with Crippen LogP contribution in [0.25, 0.3) is 10.2 Å². The van der Waals surface area contributed by atoms with E-state index in [0.717, 1.165) is 14.6 Å². The van der Waals surface area contributed by atoms with E-state index in [0.29, 0.717) is 48.1 Å². The number of ether oxygens (including phenoxy) is 3. The number of hydrogen-bond donors (Lipinski definition) is 2. The van der Waals surface area contributed by atoms with Gasteiger partial charge in [0.25, 0.3) is 0 Å². The normalized spacial score (nSPS) is 12.9. The van der Waals surface area contributed by atoms with Crippen molar-refractivity contribution in [3.63, 3.8) is 0 Å². The molecule has 0 saturated carbocycles. The van der Waals surface area contributed by atoms with Gasteiger partial charge >= 0.3 is 0 Å². The first-order chi connectivity index (χ1) is 13.7. The second-order valence-corrected chi connectivity index (χ2v) is 8.84. The summed E-state index contributed by atoms with van der Waals surface area (Å²) < 4.78 is 17.8. The number of anilines is 2. The Labute approximate surface area is 172 Å². The Morgan fingerprint density at radius 3 is 2.86 bits per heavy atom. The van der Waals surface area contributed by atoms with Gasteiger partial charge in [0.15, 0.2) is 21.0 Å². The summed E-state index contributed by atoms with van der Waals surface area (Å²) in [5, 5.41) is 15.3. The van der Waals surface area contributed by atoms with Gasteiger partial charge in [-0.05, 0) is 0 Å². The summed E-state index contributed by atoms with van der Waals surface area (Å²) in [5.41, 5.74) is 0.771. The zero-order chi connectivity index (χ0) is 19.3. The Kier molecular flexibility index (Phi) is 6.10. The van der Waals surface area contributed by atoms with Crippen molar-refractivity contribution in [1.82, 2.24) is 15.2 Å². The predicted molar refractivity (Wildman–Crippen MR) is 110 cm³/mol. The Balaban J connectivity index is 1.32. The minimum atomic E-state index is -0.148. The molecular weight excluding hydrogens is 422 g/mol. The van der Waals surface area contributed by atoms with Crippen molar-refractivity contribution in [3.05, 3.63) is 12.1 Å². The maximum atomic E-state index is 12.2. The third-order valence-electron chi connectivity index (χ3n) is 3.61. The molecule has 4 rings (SSSR count). The van der Waals surface area contributed by atoms with E-state index < -0.39 is 0 Å². The highest BCUT2D eigenvalue weighted by atomic mass is 32.2. The van der Waals surface area contributed by atoms with Crippen molar-refractivity contribution in [2.45, 2.75) is 4.34 Å². The molecule has 1 amide bonds. The van der Waals surface area contributed by atoms with Gasteiger partial charge in [0.2, 0.25) is 11.0 Å². The third-order valence-corrected chi connectivity index (χ3v) is 6.56. The van der Waals surface area contributed by atoms with Crippen LogP contribution >= 0.6 is 34.4 Å². The highest BCUT2D eigenvalue weighted by Crippen LogP contribution is 2.37. The maximum Gasteiger partial charge on any atom is 0.236 e. The lowest BCUT2D eigenvalue weighted by atomic mass is 10.3. The van der Waals surface area contributed by atoms with Crippen LogP contribution < -0.4 is 20.1 Å². The van der Waals surface area contributed by atoms with Gasteiger partial charge in [0.05, 0.1) is 22.6 Å². The first-order valence-corrected chi connectivity index (χ1v) is 11.0. The molecule has 1 aromatic carbocycles. The maximum absolute atomic E-state index is 12.2. The number of aromatic nitrogens is 3. The fourth-order valence-electron chi connectivity index (χ4n) is 2.40. The molecule has 2 aromatic heterocycles. The lowest BCUT2D eigenvalue weighted by Gasteiger charge is -2.17. The van der Waals surface area contributed by atoms with Gasteiger partial charge in [-0.3, -0.25) is 4.79 Å². The van der Waals surface area contributed by atoms with Gasteiger partial charge in [0, 0.05) is 25.8 Å². The monoisotopic (exact) mass is 439 g/mol. The number of thioether (sulfide) groups is 1. The average molecular weight is 440 g/mol. The molecule has 0 bridgehead atoms. The van der Waals surface area contributed by atoms with Gasteiger partial charge in [-0.2, -0.15) is 0 Å². The summed E-state index contributed by atoms with van der Waals surface area (Å²) in [5.74, 6) is 1.47. The first-order valence-electron chi connectivity index (χ1n) is 8.40. The fraction of sp³-hybridized carbons (Fsp3) is 0.375. The molecule has 1 aliphatic rings. The summed E-state index contributed by atoms with van der Waals surface area (Å²) >= 11 is 4.14. The lowest BCUT2D eigenvalue weighted by Crippen LogP contribution is -2.15. The lowest BCUT2D eigenvalue weighted by molar-refractivity contribution is -0.113. The number of benzene rings is 1. The van der Waals surface area contributed by atoms with E-state index >= 15 is 0 Å². The Bertz CT molecular complexity index is 933. The van der Waals surface area contributed by atoms with Crippen LogP contribution in [0.15, 0.2) is 16.5 Å². The summed E-state index contributed by atoms with van der Waals surface area (Å²) in [6, 6.07) is 3.73. The van der Waals surface area contributed by atoms with E-state index in [2.05, 4.69) is 25.8 Å². The van der Waals surface area contributed by atoms with Crippen LogP contribution in [-0.4, -0.2) is 60.3 Å². The van der Waals surface area contributed by atoms with Gasteiger partial charge in [-0.1, -0.05) is 34.4 Å². The van der Waals surface area contributed by atoms with Crippen LogP contribution in [0.3, 0.4) is 0 Å². The number of carbonyl (C=O) groups excluding carboxylic acids is 1. The highest BCUT2D eigenvalue weighted by molar-refractivity contribution is 8.01. The van der Waals surface area contributed by atoms with Crippen LogP contribution in [-0.2, 0) is 9.53 Å². The molecule has 2 N–H and O–H groups in total. The molecule has 1 aliphatic heterocycles. The molecule has 0 unspecified atom stereocenters. The number of thiazole rings is 1. The molecule has 0 aliphatic carbocycles. The predicted octanol–water partition coefficient (Wildman–Crippen LogP) is 2.71. The van der Waals surface area contributed by atoms with E-state index in [9.17, 15) is 4.79 Å². The van der Waals surface area contributed by atoms with E-state index in [-0.39, 0.29) is 11.7 Å². The van der Waals surface area contributed by atoms with Crippen molar-refractivity contribution in [1.29, 1.82) is 0 Å². The van der Waals surface area contributed by atoms with E-state index in [4.69, 9.17) is 14.2 Å². The van der Waals surface area contributed by atoms with Gasteiger partial charge in [0.1, 0.15) is 13.2 Å². The SMILES string of the molecule is COCCNc1nnc(SCC(=O)Nc2nc3cc4c(cc3s2)OCCO4)s1. The third kappa shape index (κ3) is 4.63. The summed E-state index contributed by atoms with van der Waals surface area (Å²) in [6.45, 7) is 2.31. The minimum absolute atomic E-state index is 0.148. The van der Waals surface area contributed by atoms with Crippen LogP contribution in [0.4, 0.5) is 10.3 Å². The molecule has 9 nitrogen and oxygen atoms in total. The summed E-state index contributed by atoms with van der Waals surface area (Å²) in [7, 11) is 1.64. The molecule has 28 heavy (non-hydrogen) atoms. The summed E-state index contributed by atoms with van der Waals surface area (Å²) in [6.07, 6.45) is 0. The standard InChI is InChI=1S/C16H17N5O4S3/c1-23-3-2-17-14-20-21-16(28-14)26-8-13(22)19-15-18-9-6-10-11(7-12(9)27-15)25-5-4-24-10/h6-7H,2-5,8H2,1H3,(H,17,20)(H,18,19,22). The Hall–Kier alpha value is -2.15. The summed E-state index contributed by atoms with van der Waals surface area (Å²) in [4.78, 5) is 16.7. The largest absolute Gasteiger partial charge is 0.486 e. The quantitative estimate of drug-likeness (QED) is 0.404. The van der Waals surface area contributed by atoms with Crippen LogP contribution in [0.2, 0.25) is 0 Å². The molecule has 3 aromatic rings. The molecule has 0 fully saturated rings. The van der Waals surface area contributed by atoms with E-state index in [1.807, 2.05) is 12.1 Å². The topological polar surface area (TPSA) is 107 Å². The Morgan fingerprint density at radius 1 is 1.21 bits per heavy atom. The van der Waals surface area contributed by atoms with Crippen LogP contribution in [0, 0.1) is 0 Å². The number of hydrogen-bond acceptors (Lipinski definition) is 11. The molecule has 148 valence electrons. The second kappa shape index (κ2) is 8.90. The average Bonchev–Trinajstić information content (AvgIpc) is 3.30. The van der Waals surface area contributed by atoms with Crippen molar-refractivity contribution in [2.24, 2.45) is 0 Å². The van der Waals surface area contributed by atoms with Gasteiger partial charge in [-0.15, -0.1) is 10.2 Å². The van der Waals surface area contributed by atoms with Crippen LogP contribution in [0.5, 0.6) is 11.5 Å². The van der Waals surface area contributed by atoms with E-state index in [1.165, 1.54) is 34.4 Å². The number of amides is 1. The molecule has 3 heterocycles. The smallest absolute Gasteiger partial charge is 0.236 e. The number of methoxy groups -OCH3 is 1. The van der Waals surface area contributed by atoms with Gasteiger partial charge in [-0.25, -0.2) is 4.98 Å². The molecule has 0 saturated heterocycles. The number of carbonyl (C=O) groups is 1. The number of nitrogens with zero attached hydrogens (tertiary/aromatic N) is 3. The minimum Gasteiger partial charge on any atom is -0.486 e. The van der Waals surface area contributed by atoms with Crippen molar-refractivity contribution in [3.8, 4) is 11.5 Å². The number of rotatable bonds is 8. The second-order valence-electron chi connectivity index (χ2n) is 5.61. The fourth-order valence-corrected chi connectivity index (χ4v) is 4.87. The number of fused-ring (bicyclic) bond motifs is 2. The molecule has 0 radical (unpaired) electrons. The number of nitrogens with one attached hydrogen (secondary N) is 2. The van der Waals surface area contributed by atoms with Crippen molar-refractivity contribution < 1.29 is 19.0 Å². The van der Waals surface area contributed by atoms with Crippen molar-refractivity contribution >= 4 is 60.8 Å². The van der Waals surface area contributed by atoms with Crippen molar-refractivity contribution in [2.75, 3.05) is 49.9 Å². The van der Waals surface area contributed by atoms with Gasteiger partial charge < -0.3 is 24.8 Å². The Morgan fingerprint density at radius 2 is 2.04 bits per heavy atom. The molecule has 0 atom stereocenters. The molecule has 0 spiro atoms. The zero-order valence-corrected chi connectivity index (χ0v) is 17.3. The molecule has 12 heteroatoms. The molecular formula is C16H17N5O4S3. The van der Waals surface area contributed by atoms with Crippen LogP contribution in [0.1, 0.15) is 0 Å². The zero-order valence-electron chi connectivity index (χ0n) is 14.9. The van der Waals surface area contributed by atoms with E-state index in [1.54, 1.807) is 7.11 Å². The first kappa shape index (κ1) is 19.2. The highest BCUT2D eigenvalue weighted by Gasteiger charge is 2.16.